The van der Waals surface area contributed by atoms with Gasteiger partial charge < -0.3 is 15.2 Å². The Kier molecular flexibility index (Phi) is 6.18. The molecule has 2 aromatic heterocycles. The number of halogens is 1. The molecule has 0 fully saturated rings. The van der Waals surface area contributed by atoms with Gasteiger partial charge in [-0.2, -0.15) is 5.10 Å². The standard InChI is InChI=1S/C28H28FN5O2/c1-17-6-8-20(9-7-17)15-34-26-19(3)14-33(28(36)24-5-4-12-30-24)16-22(26)25(32-34)27(35)31-21-10-11-23(29)18(2)13-21/h4-13,19,30H,14-16H2,1-3H3,(H,31,35)/t19-/m1/s1. The summed E-state index contributed by atoms with van der Waals surface area (Å²) >= 11 is 0. The van der Waals surface area contributed by atoms with Crippen molar-refractivity contribution < 1.29 is 14.0 Å². The van der Waals surface area contributed by atoms with E-state index in [4.69, 9.17) is 5.10 Å². The lowest BCUT2D eigenvalue weighted by molar-refractivity contribution is 0.0711. The van der Waals surface area contributed by atoms with Crippen molar-refractivity contribution in [2.24, 2.45) is 0 Å². The molecule has 2 N–H and O–H groups in total. The monoisotopic (exact) mass is 485 g/mol. The second-order valence-electron chi connectivity index (χ2n) is 9.44. The van der Waals surface area contributed by atoms with Gasteiger partial charge in [-0.3, -0.25) is 14.3 Å². The molecular weight excluding hydrogens is 457 g/mol. The zero-order chi connectivity index (χ0) is 25.4. The van der Waals surface area contributed by atoms with Crippen LogP contribution in [0.5, 0.6) is 0 Å². The Bertz CT molecular complexity index is 1420. The van der Waals surface area contributed by atoms with Gasteiger partial charge in [0.05, 0.1) is 13.1 Å². The minimum atomic E-state index is -0.388. The third kappa shape index (κ3) is 4.54. The van der Waals surface area contributed by atoms with Crippen LogP contribution in [0.1, 0.15) is 61.8 Å². The Balaban J connectivity index is 1.51. The van der Waals surface area contributed by atoms with Crippen molar-refractivity contribution in [1.82, 2.24) is 19.7 Å². The molecule has 8 heteroatoms. The molecule has 2 amide bonds. The minimum absolute atomic E-state index is 0.0276. The molecule has 5 rings (SSSR count). The number of aromatic nitrogens is 3. The van der Waals surface area contributed by atoms with Crippen LogP contribution in [-0.2, 0) is 13.1 Å². The highest BCUT2D eigenvalue weighted by Gasteiger charge is 2.34. The van der Waals surface area contributed by atoms with E-state index < -0.39 is 0 Å². The normalized spacial score (nSPS) is 15.0. The smallest absolute Gasteiger partial charge is 0.276 e. The molecule has 1 atom stereocenters. The van der Waals surface area contributed by atoms with E-state index in [1.54, 1.807) is 36.2 Å². The maximum Gasteiger partial charge on any atom is 0.276 e. The average molecular weight is 486 g/mol. The summed E-state index contributed by atoms with van der Waals surface area (Å²) in [5.41, 5.74) is 5.64. The van der Waals surface area contributed by atoms with Crippen molar-refractivity contribution in [3.05, 3.63) is 106 Å². The molecule has 1 aliphatic rings. The molecule has 0 aliphatic carbocycles. The quantitative estimate of drug-likeness (QED) is 0.416. The first-order chi connectivity index (χ1) is 17.3. The van der Waals surface area contributed by atoms with Gasteiger partial charge in [0.25, 0.3) is 11.8 Å². The molecule has 0 saturated carbocycles. The predicted molar refractivity (Wildman–Crippen MR) is 136 cm³/mol. The molecule has 0 saturated heterocycles. The molecule has 7 nitrogen and oxygen atoms in total. The van der Waals surface area contributed by atoms with Gasteiger partial charge in [0.1, 0.15) is 11.5 Å². The van der Waals surface area contributed by atoms with Crippen LogP contribution in [0.15, 0.2) is 60.8 Å². The molecule has 0 radical (unpaired) electrons. The van der Waals surface area contributed by atoms with Gasteiger partial charge in [0.2, 0.25) is 0 Å². The molecule has 0 unspecified atom stereocenters. The van der Waals surface area contributed by atoms with Gasteiger partial charge >= 0.3 is 0 Å². The number of nitrogens with one attached hydrogen (secondary N) is 2. The van der Waals surface area contributed by atoms with Crippen LogP contribution in [0.2, 0.25) is 0 Å². The predicted octanol–water partition coefficient (Wildman–Crippen LogP) is 5.03. The van der Waals surface area contributed by atoms with Crippen LogP contribution < -0.4 is 5.32 Å². The van der Waals surface area contributed by atoms with E-state index in [-0.39, 0.29) is 35.8 Å². The summed E-state index contributed by atoms with van der Waals surface area (Å²) in [6.45, 7) is 7.04. The summed E-state index contributed by atoms with van der Waals surface area (Å²) in [5, 5.41) is 7.59. The highest BCUT2D eigenvalue weighted by atomic mass is 19.1. The number of nitrogens with zero attached hydrogens (tertiary/aromatic N) is 3. The third-order valence-corrected chi connectivity index (χ3v) is 6.60. The topological polar surface area (TPSA) is 83.0 Å². The number of anilines is 1. The summed E-state index contributed by atoms with van der Waals surface area (Å²) in [7, 11) is 0. The number of aromatic amines is 1. The number of H-pyrrole nitrogens is 1. The SMILES string of the molecule is Cc1ccc(Cn2nc(C(=O)Nc3ccc(F)c(C)c3)c3c2[C@H](C)CN(C(=O)c2ccc[nH]2)C3)cc1. The summed E-state index contributed by atoms with van der Waals surface area (Å²) in [5.74, 6) is -0.870. The number of aryl methyl sites for hydroxylation is 2. The van der Waals surface area contributed by atoms with Crippen molar-refractivity contribution in [3.63, 3.8) is 0 Å². The van der Waals surface area contributed by atoms with E-state index in [0.29, 0.717) is 30.0 Å². The molecule has 1 aliphatic heterocycles. The van der Waals surface area contributed by atoms with E-state index in [2.05, 4.69) is 34.6 Å². The Morgan fingerprint density at radius 3 is 2.61 bits per heavy atom. The first-order valence-corrected chi connectivity index (χ1v) is 12.0. The number of hydrogen-bond acceptors (Lipinski definition) is 3. The highest BCUT2D eigenvalue weighted by Crippen LogP contribution is 2.32. The van der Waals surface area contributed by atoms with Gasteiger partial charge in [-0.05, 0) is 55.3 Å². The first kappa shape index (κ1) is 23.5. The highest BCUT2D eigenvalue weighted by molar-refractivity contribution is 6.04. The Hall–Kier alpha value is -4.20. The lowest BCUT2D eigenvalue weighted by atomic mass is 9.95. The third-order valence-electron chi connectivity index (χ3n) is 6.60. The molecule has 0 spiro atoms. The Morgan fingerprint density at radius 2 is 1.92 bits per heavy atom. The van der Waals surface area contributed by atoms with Crippen molar-refractivity contribution in [1.29, 1.82) is 0 Å². The summed E-state index contributed by atoms with van der Waals surface area (Å²) in [6.07, 6.45) is 1.72. The second-order valence-corrected chi connectivity index (χ2v) is 9.44. The van der Waals surface area contributed by atoms with Crippen molar-refractivity contribution >= 4 is 17.5 Å². The molecule has 3 heterocycles. The summed E-state index contributed by atoms with van der Waals surface area (Å²) in [6, 6.07) is 16.2. The van der Waals surface area contributed by atoms with Gasteiger partial charge in [0, 0.05) is 35.6 Å². The summed E-state index contributed by atoms with van der Waals surface area (Å²) in [4.78, 5) is 31.3. The van der Waals surface area contributed by atoms with E-state index in [1.807, 2.05) is 18.5 Å². The maximum atomic E-state index is 13.7. The van der Waals surface area contributed by atoms with Crippen LogP contribution in [0.25, 0.3) is 0 Å². The van der Waals surface area contributed by atoms with Crippen molar-refractivity contribution in [2.75, 3.05) is 11.9 Å². The van der Waals surface area contributed by atoms with Gasteiger partial charge in [0.15, 0.2) is 5.69 Å². The van der Waals surface area contributed by atoms with Crippen LogP contribution in [0.3, 0.4) is 0 Å². The van der Waals surface area contributed by atoms with Crippen molar-refractivity contribution in [2.45, 2.75) is 39.8 Å². The van der Waals surface area contributed by atoms with Crippen LogP contribution in [0.4, 0.5) is 10.1 Å². The lowest BCUT2D eigenvalue weighted by Crippen LogP contribution is -2.38. The van der Waals surface area contributed by atoms with Crippen LogP contribution in [-0.4, -0.2) is 38.0 Å². The van der Waals surface area contributed by atoms with E-state index >= 15 is 0 Å². The number of carbonyl (C=O) groups is 2. The second kappa shape index (κ2) is 9.45. The molecular formula is C28H28FN5O2. The fraction of sp³-hybridized carbons (Fsp3) is 0.250. The number of hydrogen-bond donors (Lipinski definition) is 2. The van der Waals surface area contributed by atoms with E-state index in [9.17, 15) is 14.0 Å². The zero-order valence-electron chi connectivity index (χ0n) is 20.5. The zero-order valence-corrected chi connectivity index (χ0v) is 20.5. The molecule has 2 aromatic carbocycles. The molecule has 184 valence electrons. The molecule has 0 bridgehead atoms. The lowest BCUT2D eigenvalue weighted by Gasteiger charge is -2.32. The number of carbonyl (C=O) groups excluding carboxylic acids is 2. The van der Waals surface area contributed by atoms with Gasteiger partial charge in [-0.15, -0.1) is 0 Å². The number of benzene rings is 2. The number of rotatable bonds is 5. The van der Waals surface area contributed by atoms with Crippen LogP contribution in [0, 0.1) is 19.7 Å². The largest absolute Gasteiger partial charge is 0.357 e. The van der Waals surface area contributed by atoms with Gasteiger partial charge in [-0.1, -0.05) is 36.8 Å². The van der Waals surface area contributed by atoms with Gasteiger partial charge in [-0.25, -0.2) is 4.39 Å². The maximum absolute atomic E-state index is 13.7. The Labute approximate surface area is 208 Å². The fourth-order valence-electron chi connectivity index (χ4n) is 4.76. The minimum Gasteiger partial charge on any atom is -0.357 e. The molecule has 36 heavy (non-hydrogen) atoms. The van der Waals surface area contributed by atoms with Crippen molar-refractivity contribution in [3.8, 4) is 0 Å². The summed E-state index contributed by atoms with van der Waals surface area (Å²) < 4.78 is 15.6. The molecule has 4 aromatic rings. The number of fused-ring (bicyclic) bond motifs is 1. The number of amides is 2. The van der Waals surface area contributed by atoms with E-state index in [1.165, 1.54) is 17.7 Å². The Morgan fingerprint density at radius 1 is 1.14 bits per heavy atom. The van der Waals surface area contributed by atoms with E-state index in [0.717, 1.165) is 16.8 Å². The fourth-order valence-corrected chi connectivity index (χ4v) is 4.76. The van der Waals surface area contributed by atoms with Crippen LogP contribution >= 0.6 is 0 Å². The first-order valence-electron chi connectivity index (χ1n) is 12.0. The average Bonchev–Trinajstić information content (AvgIpc) is 3.51.